The Labute approximate surface area is 160 Å². The first-order valence-electron chi connectivity index (χ1n) is 8.92. The topological polar surface area (TPSA) is 53.8 Å². The van der Waals surface area contributed by atoms with Gasteiger partial charge in [-0.3, -0.25) is 9.59 Å². The second-order valence-corrected chi connectivity index (χ2v) is 6.87. The highest BCUT2D eigenvalue weighted by Crippen LogP contribution is 2.29. The van der Waals surface area contributed by atoms with Gasteiger partial charge in [0, 0.05) is 37.3 Å². The van der Waals surface area contributed by atoms with Crippen LogP contribution in [-0.4, -0.2) is 47.8 Å². The molecule has 0 atom stereocenters. The Morgan fingerprint density at radius 3 is 1.79 bits per heavy atom. The fraction of sp³-hybridized carbons (Fsp3) is 0.400. The van der Waals surface area contributed by atoms with Crippen LogP contribution in [-0.2, 0) is 6.18 Å². The molecule has 2 amide bonds. The molecule has 1 fully saturated rings. The van der Waals surface area contributed by atoms with Crippen LogP contribution in [0.15, 0.2) is 28.7 Å². The summed E-state index contributed by atoms with van der Waals surface area (Å²) in [6, 6.07) is 4.17. The number of halogens is 3. The maximum atomic E-state index is 12.8. The SMILES string of the molecule is Cc1oc(C)c(C(=O)N2CCN(C(=O)c3ccc(C(F)(F)F)cc3)CC2)c1C. The number of hydrogen-bond donors (Lipinski definition) is 0. The van der Waals surface area contributed by atoms with Crippen LogP contribution in [0, 0.1) is 20.8 Å². The van der Waals surface area contributed by atoms with Crippen molar-refractivity contribution in [3.8, 4) is 0 Å². The van der Waals surface area contributed by atoms with Crippen molar-refractivity contribution in [1.82, 2.24) is 9.80 Å². The molecule has 0 bridgehead atoms. The van der Waals surface area contributed by atoms with Crippen molar-refractivity contribution in [3.63, 3.8) is 0 Å². The Bertz CT molecular complexity index is 893. The summed E-state index contributed by atoms with van der Waals surface area (Å²) in [4.78, 5) is 28.5. The zero-order valence-electron chi connectivity index (χ0n) is 15.9. The lowest BCUT2D eigenvalue weighted by Gasteiger charge is -2.35. The van der Waals surface area contributed by atoms with E-state index < -0.39 is 11.7 Å². The molecule has 3 rings (SSSR count). The van der Waals surface area contributed by atoms with Crippen molar-refractivity contribution in [2.24, 2.45) is 0 Å². The van der Waals surface area contributed by atoms with Gasteiger partial charge in [0.2, 0.25) is 0 Å². The molecule has 1 aromatic carbocycles. The molecule has 0 aliphatic carbocycles. The molecule has 2 aromatic rings. The standard InChI is InChI=1S/C20H21F3N2O3/c1-12-13(2)28-14(3)17(12)19(27)25-10-8-24(9-11-25)18(26)15-4-6-16(7-5-15)20(21,22)23/h4-7H,8-11H2,1-3H3. The third kappa shape index (κ3) is 3.76. The Morgan fingerprint density at radius 1 is 0.857 bits per heavy atom. The van der Waals surface area contributed by atoms with E-state index >= 15 is 0 Å². The van der Waals surface area contributed by atoms with Gasteiger partial charge in [-0.25, -0.2) is 0 Å². The monoisotopic (exact) mass is 394 g/mol. The van der Waals surface area contributed by atoms with Gasteiger partial charge in [0.05, 0.1) is 11.1 Å². The van der Waals surface area contributed by atoms with Crippen LogP contribution in [0.25, 0.3) is 0 Å². The Hall–Kier alpha value is -2.77. The molecule has 0 spiro atoms. The summed E-state index contributed by atoms with van der Waals surface area (Å²) in [6.07, 6.45) is -4.44. The average molecular weight is 394 g/mol. The molecular formula is C20H21F3N2O3. The molecule has 1 saturated heterocycles. The highest BCUT2D eigenvalue weighted by atomic mass is 19.4. The number of rotatable bonds is 2. The van der Waals surface area contributed by atoms with E-state index in [-0.39, 0.29) is 17.4 Å². The molecule has 150 valence electrons. The molecule has 1 aliphatic rings. The number of nitrogens with zero attached hydrogens (tertiary/aromatic N) is 2. The fourth-order valence-corrected chi connectivity index (χ4v) is 3.36. The largest absolute Gasteiger partial charge is 0.466 e. The normalized spacial score (nSPS) is 15.1. The van der Waals surface area contributed by atoms with Crippen molar-refractivity contribution < 1.29 is 27.2 Å². The van der Waals surface area contributed by atoms with E-state index in [0.717, 1.165) is 17.7 Å². The van der Waals surface area contributed by atoms with Crippen LogP contribution >= 0.6 is 0 Å². The summed E-state index contributed by atoms with van der Waals surface area (Å²) in [7, 11) is 0. The summed E-state index contributed by atoms with van der Waals surface area (Å²) >= 11 is 0. The lowest BCUT2D eigenvalue weighted by atomic mass is 10.1. The van der Waals surface area contributed by atoms with Gasteiger partial charge in [-0.05, 0) is 45.0 Å². The van der Waals surface area contributed by atoms with Gasteiger partial charge in [-0.1, -0.05) is 0 Å². The molecule has 5 nitrogen and oxygen atoms in total. The highest BCUT2D eigenvalue weighted by molar-refractivity contribution is 5.97. The molecule has 2 heterocycles. The molecular weight excluding hydrogens is 373 g/mol. The minimum absolute atomic E-state index is 0.131. The van der Waals surface area contributed by atoms with Gasteiger partial charge in [0.15, 0.2) is 0 Å². The van der Waals surface area contributed by atoms with Gasteiger partial charge in [-0.15, -0.1) is 0 Å². The quantitative estimate of drug-likeness (QED) is 0.778. The number of carbonyl (C=O) groups is 2. The molecule has 8 heteroatoms. The number of hydrogen-bond acceptors (Lipinski definition) is 3. The van der Waals surface area contributed by atoms with Crippen molar-refractivity contribution in [2.45, 2.75) is 26.9 Å². The first-order valence-corrected chi connectivity index (χ1v) is 8.92. The molecule has 0 saturated carbocycles. The second-order valence-electron chi connectivity index (χ2n) is 6.87. The third-order valence-electron chi connectivity index (χ3n) is 5.09. The third-order valence-corrected chi connectivity index (χ3v) is 5.09. The van der Waals surface area contributed by atoms with Gasteiger partial charge in [0.25, 0.3) is 11.8 Å². The number of piperazine rings is 1. The maximum Gasteiger partial charge on any atom is 0.416 e. The molecule has 0 N–H and O–H groups in total. The molecule has 0 radical (unpaired) electrons. The summed E-state index contributed by atoms with van der Waals surface area (Å²) in [5.74, 6) is 0.807. The minimum Gasteiger partial charge on any atom is -0.466 e. The average Bonchev–Trinajstić information content (AvgIpc) is 2.92. The zero-order valence-corrected chi connectivity index (χ0v) is 15.9. The summed E-state index contributed by atoms with van der Waals surface area (Å²) in [5, 5.41) is 0. The van der Waals surface area contributed by atoms with Crippen molar-refractivity contribution in [3.05, 3.63) is 58.0 Å². The van der Waals surface area contributed by atoms with Crippen LogP contribution in [0.1, 0.15) is 43.4 Å². The van der Waals surface area contributed by atoms with Gasteiger partial charge < -0.3 is 14.2 Å². The highest BCUT2D eigenvalue weighted by Gasteiger charge is 2.31. The number of benzene rings is 1. The number of alkyl halides is 3. The van der Waals surface area contributed by atoms with Gasteiger partial charge in [-0.2, -0.15) is 13.2 Å². The maximum absolute atomic E-state index is 12.8. The van der Waals surface area contributed by atoms with Crippen LogP contribution in [0.4, 0.5) is 13.2 Å². The van der Waals surface area contributed by atoms with E-state index in [1.54, 1.807) is 23.6 Å². The van der Waals surface area contributed by atoms with Crippen molar-refractivity contribution >= 4 is 11.8 Å². The van der Waals surface area contributed by atoms with E-state index in [1.165, 1.54) is 12.1 Å². The predicted molar refractivity (Wildman–Crippen MR) is 96.2 cm³/mol. The summed E-state index contributed by atoms with van der Waals surface area (Å²) in [5.41, 5.74) is 0.774. The first-order chi connectivity index (χ1) is 13.1. The van der Waals surface area contributed by atoms with Crippen LogP contribution < -0.4 is 0 Å². The van der Waals surface area contributed by atoms with Crippen LogP contribution in [0.3, 0.4) is 0 Å². The predicted octanol–water partition coefficient (Wildman–Crippen LogP) is 3.82. The molecule has 1 aliphatic heterocycles. The van der Waals surface area contributed by atoms with E-state index in [4.69, 9.17) is 4.42 Å². The second kappa shape index (κ2) is 7.33. The number of carbonyl (C=O) groups excluding carboxylic acids is 2. The van der Waals surface area contributed by atoms with Crippen molar-refractivity contribution in [1.29, 1.82) is 0 Å². The number of amides is 2. The minimum atomic E-state index is -4.44. The number of furan rings is 1. The Kier molecular flexibility index (Phi) is 5.23. The van der Waals surface area contributed by atoms with Crippen molar-refractivity contribution in [2.75, 3.05) is 26.2 Å². The Morgan fingerprint density at radius 2 is 1.36 bits per heavy atom. The van der Waals surface area contributed by atoms with E-state index in [9.17, 15) is 22.8 Å². The zero-order chi connectivity index (χ0) is 20.6. The van der Waals surface area contributed by atoms with E-state index in [2.05, 4.69) is 0 Å². The van der Waals surface area contributed by atoms with Gasteiger partial charge >= 0.3 is 6.18 Å². The van der Waals surface area contributed by atoms with E-state index in [1.807, 2.05) is 6.92 Å². The Balaban J connectivity index is 1.65. The lowest BCUT2D eigenvalue weighted by Crippen LogP contribution is -2.50. The smallest absolute Gasteiger partial charge is 0.416 e. The van der Waals surface area contributed by atoms with Gasteiger partial charge in [0.1, 0.15) is 11.5 Å². The molecule has 28 heavy (non-hydrogen) atoms. The number of aryl methyl sites for hydroxylation is 2. The summed E-state index contributed by atoms with van der Waals surface area (Å²) < 4.78 is 43.5. The fourth-order valence-electron chi connectivity index (χ4n) is 3.36. The van der Waals surface area contributed by atoms with E-state index in [0.29, 0.717) is 43.3 Å². The van der Waals surface area contributed by atoms with Crippen LogP contribution in [0.5, 0.6) is 0 Å². The van der Waals surface area contributed by atoms with Crippen LogP contribution in [0.2, 0.25) is 0 Å². The summed E-state index contributed by atoms with van der Waals surface area (Å²) in [6.45, 7) is 6.74. The lowest BCUT2D eigenvalue weighted by molar-refractivity contribution is -0.137. The molecule has 0 unspecified atom stereocenters. The first kappa shape index (κ1) is 20.0. The molecule has 1 aromatic heterocycles.